The van der Waals surface area contributed by atoms with Gasteiger partial charge in [0.15, 0.2) is 0 Å². The van der Waals surface area contributed by atoms with Crippen LogP contribution in [0.1, 0.15) is 74.6 Å². The molecule has 0 spiro atoms. The second-order valence-corrected chi connectivity index (χ2v) is 9.62. The predicted octanol–water partition coefficient (Wildman–Crippen LogP) is 4.73. The summed E-state index contributed by atoms with van der Waals surface area (Å²) in [7, 11) is 4.32. The number of nitrogens with zero attached hydrogens (tertiary/aromatic N) is 3. The third kappa shape index (κ3) is 3.94. The maximum absolute atomic E-state index is 12.3. The summed E-state index contributed by atoms with van der Waals surface area (Å²) in [6.07, 6.45) is 10.7. The van der Waals surface area contributed by atoms with E-state index in [9.17, 15) is 4.79 Å². The van der Waals surface area contributed by atoms with Crippen LogP contribution in [0.4, 0.5) is 0 Å². The van der Waals surface area contributed by atoms with Crippen molar-refractivity contribution in [1.29, 1.82) is 0 Å². The van der Waals surface area contributed by atoms with Gasteiger partial charge in [-0.15, -0.1) is 11.3 Å². The van der Waals surface area contributed by atoms with Gasteiger partial charge in [0.1, 0.15) is 23.0 Å². The van der Waals surface area contributed by atoms with E-state index in [2.05, 4.69) is 35.9 Å². The Bertz CT molecular complexity index is 840. The van der Waals surface area contributed by atoms with Crippen LogP contribution in [0.3, 0.4) is 0 Å². The van der Waals surface area contributed by atoms with Crippen LogP contribution < -0.4 is 4.74 Å². The van der Waals surface area contributed by atoms with Crippen molar-refractivity contribution in [3.8, 4) is 5.88 Å². The first kappa shape index (κ1) is 19.8. The molecule has 0 radical (unpaired) electrons. The lowest BCUT2D eigenvalue weighted by molar-refractivity contribution is -0.119. The SMILES string of the molecule is CCCC(=O)C[C@H]1CCc2sc3ncnc(OC4CCC(N(C)C)CC4)c3c21. The molecule has 28 heavy (non-hydrogen) atoms. The number of thiophene rings is 1. The molecule has 2 aliphatic carbocycles. The van der Waals surface area contributed by atoms with Crippen LogP contribution in [-0.4, -0.2) is 46.9 Å². The van der Waals surface area contributed by atoms with Gasteiger partial charge in [-0.1, -0.05) is 6.92 Å². The highest BCUT2D eigenvalue weighted by molar-refractivity contribution is 7.19. The van der Waals surface area contributed by atoms with Gasteiger partial charge in [-0.3, -0.25) is 4.79 Å². The fourth-order valence-corrected chi connectivity index (χ4v) is 6.06. The first-order chi connectivity index (χ1) is 13.6. The van der Waals surface area contributed by atoms with Crippen LogP contribution in [-0.2, 0) is 11.2 Å². The smallest absolute Gasteiger partial charge is 0.225 e. The van der Waals surface area contributed by atoms with Crippen molar-refractivity contribution in [2.45, 2.75) is 82.8 Å². The molecular formula is C22H31N3O2S. The first-order valence-corrected chi connectivity index (χ1v) is 11.5. The van der Waals surface area contributed by atoms with E-state index in [-0.39, 0.29) is 6.10 Å². The molecule has 4 rings (SSSR count). The minimum absolute atomic E-state index is 0.228. The fourth-order valence-electron chi connectivity index (χ4n) is 4.83. The Morgan fingerprint density at radius 1 is 1.21 bits per heavy atom. The Morgan fingerprint density at radius 2 is 2.00 bits per heavy atom. The van der Waals surface area contributed by atoms with Crippen LogP contribution in [0.5, 0.6) is 5.88 Å². The van der Waals surface area contributed by atoms with Crippen molar-refractivity contribution < 1.29 is 9.53 Å². The van der Waals surface area contributed by atoms with Crippen molar-refractivity contribution in [3.63, 3.8) is 0 Å². The lowest BCUT2D eigenvalue weighted by Gasteiger charge is -2.32. The number of rotatable bonds is 7. The van der Waals surface area contributed by atoms with E-state index in [1.807, 2.05) is 0 Å². The molecule has 0 unspecified atom stereocenters. The van der Waals surface area contributed by atoms with Gasteiger partial charge in [0.2, 0.25) is 5.88 Å². The summed E-state index contributed by atoms with van der Waals surface area (Å²) in [5.74, 6) is 1.42. The number of aryl methyl sites for hydroxylation is 1. The van der Waals surface area contributed by atoms with Crippen LogP contribution >= 0.6 is 11.3 Å². The average molecular weight is 402 g/mol. The average Bonchev–Trinajstić information content (AvgIpc) is 3.22. The summed E-state index contributed by atoms with van der Waals surface area (Å²) in [5.41, 5.74) is 1.31. The van der Waals surface area contributed by atoms with Crippen molar-refractivity contribution in [2.75, 3.05) is 14.1 Å². The Hall–Kier alpha value is -1.53. The zero-order valence-corrected chi connectivity index (χ0v) is 18.1. The second-order valence-electron chi connectivity index (χ2n) is 8.54. The number of carbonyl (C=O) groups is 1. The van der Waals surface area contributed by atoms with Gasteiger partial charge in [-0.2, -0.15) is 0 Å². The molecule has 1 fully saturated rings. The van der Waals surface area contributed by atoms with E-state index in [4.69, 9.17) is 4.74 Å². The topological polar surface area (TPSA) is 55.3 Å². The van der Waals surface area contributed by atoms with Gasteiger partial charge in [-0.25, -0.2) is 9.97 Å². The summed E-state index contributed by atoms with van der Waals surface area (Å²) in [6.45, 7) is 2.07. The third-order valence-corrected chi connectivity index (χ3v) is 7.52. The minimum atomic E-state index is 0.228. The van der Waals surface area contributed by atoms with E-state index in [0.29, 0.717) is 30.6 Å². The molecule has 2 aliphatic rings. The van der Waals surface area contributed by atoms with E-state index in [1.54, 1.807) is 17.7 Å². The molecule has 2 aromatic rings. The number of carbonyl (C=O) groups excluding carboxylic acids is 1. The summed E-state index contributed by atoms with van der Waals surface area (Å²) in [4.78, 5) is 26.1. The molecule has 0 saturated heterocycles. The highest BCUT2D eigenvalue weighted by Gasteiger charge is 2.32. The third-order valence-electron chi connectivity index (χ3n) is 6.35. The molecule has 152 valence electrons. The lowest BCUT2D eigenvalue weighted by atomic mass is 9.92. The molecule has 1 atom stereocenters. The number of fused-ring (bicyclic) bond motifs is 3. The number of aromatic nitrogens is 2. The fraction of sp³-hybridized carbons (Fsp3) is 0.682. The Morgan fingerprint density at radius 3 is 2.71 bits per heavy atom. The normalized spacial score (nSPS) is 24.6. The van der Waals surface area contributed by atoms with Crippen molar-refractivity contribution in [2.24, 2.45) is 0 Å². The minimum Gasteiger partial charge on any atom is -0.474 e. The number of Topliss-reactive ketones (excluding diaryl/α,β-unsaturated/α-hetero) is 1. The molecule has 2 aromatic heterocycles. The van der Waals surface area contributed by atoms with E-state index >= 15 is 0 Å². The highest BCUT2D eigenvalue weighted by atomic mass is 32.1. The number of hydrogen-bond acceptors (Lipinski definition) is 6. The summed E-state index contributed by atoms with van der Waals surface area (Å²) >= 11 is 1.76. The standard InChI is InChI=1S/C22H31N3O2S/c1-4-5-16(26)12-14-6-11-18-19(14)20-21(23-13-24-22(20)28-18)27-17-9-7-15(8-10-17)25(2)3/h13-15,17H,4-12H2,1-3H3/t14-,15?,17?/m1/s1. The van der Waals surface area contributed by atoms with E-state index in [1.165, 1.54) is 23.3 Å². The highest BCUT2D eigenvalue weighted by Crippen LogP contribution is 2.47. The molecule has 5 nitrogen and oxygen atoms in total. The van der Waals surface area contributed by atoms with Gasteiger partial charge >= 0.3 is 0 Å². The molecule has 0 N–H and O–H groups in total. The molecule has 2 heterocycles. The van der Waals surface area contributed by atoms with Crippen LogP contribution in [0, 0.1) is 0 Å². The van der Waals surface area contributed by atoms with Crippen LogP contribution in [0.2, 0.25) is 0 Å². The number of hydrogen-bond donors (Lipinski definition) is 0. The quantitative estimate of drug-likeness (QED) is 0.671. The van der Waals surface area contributed by atoms with E-state index in [0.717, 1.165) is 48.2 Å². The van der Waals surface area contributed by atoms with Gasteiger partial charge in [0.25, 0.3) is 0 Å². The van der Waals surface area contributed by atoms with Gasteiger partial charge in [0.05, 0.1) is 5.39 Å². The van der Waals surface area contributed by atoms with Crippen LogP contribution in [0.15, 0.2) is 6.33 Å². The Labute approximate surface area is 171 Å². The van der Waals surface area contributed by atoms with Crippen LogP contribution in [0.25, 0.3) is 10.2 Å². The second kappa shape index (κ2) is 8.46. The van der Waals surface area contributed by atoms with Gasteiger partial charge in [-0.05, 0) is 70.5 Å². The molecule has 6 heteroatoms. The Balaban J connectivity index is 1.56. The van der Waals surface area contributed by atoms with Crippen molar-refractivity contribution >= 4 is 27.3 Å². The molecule has 1 saturated carbocycles. The zero-order valence-electron chi connectivity index (χ0n) is 17.2. The van der Waals surface area contributed by atoms with Gasteiger partial charge < -0.3 is 9.64 Å². The molecule has 0 amide bonds. The lowest BCUT2D eigenvalue weighted by Crippen LogP contribution is -2.35. The van der Waals surface area contributed by atoms with Crippen molar-refractivity contribution in [1.82, 2.24) is 14.9 Å². The summed E-state index contributed by atoms with van der Waals surface area (Å²) < 4.78 is 6.43. The Kier molecular flexibility index (Phi) is 5.97. The molecule has 0 aliphatic heterocycles. The summed E-state index contributed by atoms with van der Waals surface area (Å²) in [6, 6.07) is 0.657. The molecule has 0 bridgehead atoms. The zero-order chi connectivity index (χ0) is 19.7. The largest absolute Gasteiger partial charge is 0.474 e. The maximum Gasteiger partial charge on any atom is 0.225 e. The first-order valence-electron chi connectivity index (χ1n) is 10.7. The predicted molar refractivity (Wildman–Crippen MR) is 113 cm³/mol. The van der Waals surface area contributed by atoms with E-state index < -0.39 is 0 Å². The summed E-state index contributed by atoms with van der Waals surface area (Å²) in [5, 5.41) is 1.09. The van der Waals surface area contributed by atoms with Gasteiger partial charge in [0, 0.05) is 23.8 Å². The molecular weight excluding hydrogens is 370 g/mol. The monoisotopic (exact) mass is 401 g/mol. The number of ether oxygens (including phenoxy) is 1. The molecule has 0 aromatic carbocycles. The van der Waals surface area contributed by atoms with Crippen molar-refractivity contribution in [3.05, 3.63) is 16.8 Å². The number of ketones is 1. The maximum atomic E-state index is 12.3.